The fourth-order valence-corrected chi connectivity index (χ4v) is 5.91. The molecule has 35 heavy (non-hydrogen) atoms. The molecule has 1 aliphatic carbocycles. The Morgan fingerprint density at radius 2 is 2.09 bits per heavy atom. The molecule has 7 nitrogen and oxygen atoms in total. The van der Waals surface area contributed by atoms with E-state index in [1.807, 2.05) is 4.90 Å². The van der Waals surface area contributed by atoms with E-state index in [1.165, 1.54) is 22.8 Å². The van der Waals surface area contributed by atoms with Crippen LogP contribution in [-0.4, -0.2) is 48.8 Å². The average Bonchev–Trinajstić information content (AvgIpc) is 3.20. The lowest BCUT2D eigenvalue weighted by Crippen LogP contribution is -2.37. The van der Waals surface area contributed by atoms with E-state index in [0.717, 1.165) is 41.6 Å². The molecule has 5 rings (SSSR count). The molecule has 3 aromatic rings. The molecule has 1 saturated heterocycles. The largest absolute Gasteiger partial charge is 0.467 e. The summed E-state index contributed by atoms with van der Waals surface area (Å²) in [6, 6.07) is 3.37. The molecule has 0 saturated carbocycles. The number of hydrogen-bond donors (Lipinski definition) is 1. The van der Waals surface area contributed by atoms with Crippen LogP contribution in [-0.2, 0) is 28.5 Å². The van der Waals surface area contributed by atoms with Crippen LogP contribution in [0, 0.1) is 5.92 Å². The van der Waals surface area contributed by atoms with E-state index in [9.17, 15) is 18.0 Å². The van der Waals surface area contributed by atoms with Gasteiger partial charge >= 0.3 is 6.18 Å². The molecule has 1 fully saturated rings. The molecule has 186 valence electrons. The van der Waals surface area contributed by atoms with Gasteiger partial charge in [0.15, 0.2) is 6.61 Å². The number of aryl methyl sites for hydroxylation is 1. The maximum atomic E-state index is 13.3. The van der Waals surface area contributed by atoms with Gasteiger partial charge in [-0.15, -0.1) is 11.3 Å². The van der Waals surface area contributed by atoms with Crippen LogP contribution in [0.15, 0.2) is 24.5 Å². The zero-order chi connectivity index (χ0) is 24.6. The lowest BCUT2D eigenvalue weighted by atomic mass is 9.89. The van der Waals surface area contributed by atoms with Gasteiger partial charge in [-0.05, 0) is 48.9 Å². The van der Waals surface area contributed by atoms with Crippen LogP contribution < -0.4 is 15.0 Å². The quantitative estimate of drug-likeness (QED) is 0.541. The molecule has 0 spiro atoms. The Kier molecular flexibility index (Phi) is 6.54. The molecule has 1 aliphatic heterocycles. The van der Waals surface area contributed by atoms with Crippen LogP contribution >= 0.6 is 11.3 Å². The number of alkyl halides is 3. The van der Waals surface area contributed by atoms with E-state index < -0.39 is 17.6 Å². The first kappa shape index (κ1) is 23.8. The van der Waals surface area contributed by atoms with Gasteiger partial charge in [-0.3, -0.25) is 4.79 Å². The minimum absolute atomic E-state index is 0.0880. The number of halogens is 3. The van der Waals surface area contributed by atoms with Crippen molar-refractivity contribution in [1.29, 1.82) is 0 Å². The molecule has 2 aliphatic rings. The fraction of sp³-hybridized carbons (Fsp3) is 0.458. The summed E-state index contributed by atoms with van der Waals surface area (Å²) in [6.45, 7) is 3.80. The molecule has 0 unspecified atom stereocenters. The summed E-state index contributed by atoms with van der Waals surface area (Å²) in [5, 5.41) is 3.45. The summed E-state index contributed by atoms with van der Waals surface area (Å²) in [7, 11) is 0. The highest BCUT2D eigenvalue weighted by Gasteiger charge is 2.32. The zero-order valence-electron chi connectivity index (χ0n) is 19.2. The number of amides is 1. The highest BCUT2D eigenvalue weighted by Crippen LogP contribution is 2.40. The van der Waals surface area contributed by atoms with Gasteiger partial charge < -0.3 is 19.7 Å². The molecule has 1 amide bonds. The number of aromatic nitrogens is 2. The second kappa shape index (κ2) is 9.62. The highest BCUT2D eigenvalue weighted by atomic mass is 32.1. The van der Waals surface area contributed by atoms with Gasteiger partial charge in [-0.25, -0.2) is 9.97 Å². The Balaban J connectivity index is 1.35. The number of ether oxygens (including phenoxy) is 2. The summed E-state index contributed by atoms with van der Waals surface area (Å²) >= 11 is 1.62. The lowest BCUT2D eigenvalue weighted by Gasteiger charge is -2.31. The monoisotopic (exact) mass is 506 g/mol. The first-order chi connectivity index (χ1) is 16.8. The Morgan fingerprint density at radius 3 is 2.86 bits per heavy atom. The SMILES string of the molecule is C[C@H]1CCc2c(sc3ncnc(OCC(=O)Nc4cc(C(F)(F)F)ccc4N4CCOCC4)c23)C1. The third-order valence-electron chi connectivity index (χ3n) is 6.35. The van der Waals surface area contributed by atoms with Crippen molar-refractivity contribution in [3.63, 3.8) is 0 Å². The highest BCUT2D eigenvalue weighted by molar-refractivity contribution is 7.18. The van der Waals surface area contributed by atoms with Gasteiger partial charge in [-0.2, -0.15) is 13.2 Å². The number of benzene rings is 1. The van der Waals surface area contributed by atoms with Crippen molar-refractivity contribution in [3.05, 3.63) is 40.5 Å². The Labute approximate surface area is 204 Å². The molecular formula is C24H25F3N4O3S. The molecule has 1 N–H and O–H groups in total. The number of carbonyl (C=O) groups is 1. The minimum atomic E-state index is -4.53. The zero-order valence-corrected chi connectivity index (χ0v) is 20.0. The van der Waals surface area contributed by atoms with Crippen LogP contribution in [0.4, 0.5) is 24.5 Å². The topological polar surface area (TPSA) is 76.6 Å². The van der Waals surface area contributed by atoms with Crippen LogP contribution in [0.5, 0.6) is 5.88 Å². The summed E-state index contributed by atoms with van der Waals surface area (Å²) < 4.78 is 51.1. The second-order valence-corrected chi connectivity index (χ2v) is 9.96. The molecule has 0 radical (unpaired) electrons. The molecule has 1 atom stereocenters. The number of nitrogens with one attached hydrogen (secondary N) is 1. The molecule has 3 heterocycles. The predicted molar refractivity (Wildman–Crippen MR) is 127 cm³/mol. The summed E-state index contributed by atoms with van der Waals surface area (Å²) in [5.41, 5.74) is 0.944. The van der Waals surface area contributed by atoms with E-state index in [4.69, 9.17) is 9.47 Å². The Bertz CT molecular complexity index is 1240. The number of rotatable bonds is 5. The van der Waals surface area contributed by atoms with Crippen molar-refractivity contribution in [1.82, 2.24) is 9.97 Å². The normalized spacial score (nSPS) is 18.4. The minimum Gasteiger partial charge on any atom is -0.467 e. The summed E-state index contributed by atoms with van der Waals surface area (Å²) in [6.07, 6.45) is -0.171. The van der Waals surface area contributed by atoms with Gasteiger partial charge in [0.25, 0.3) is 5.91 Å². The number of morpholine rings is 1. The maximum Gasteiger partial charge on any atom is 0.416 e. The van der Waals surface area contributed by atoms with Crippen LogP contribution in [0.3, 0.4) is 0 Å². The Hall–Kier alpha value is -2.92. The molecule has 2 aromatic heterocycles. The van der Waals surface area contributed by atoms with E-state index >= 15 is 0 Å². The number of anilines is 2. The lowest BCUT2D eigenvalue weighted by molar-refractivity contribution is -0.137. The number of fused-ring (bicyclic) bond motifs is 3. The van der Waals surface area contributed by atoms with Gasteiger partial charge in [0.2, 0.25) is 5.88 Å². The van der Waals surface area contributed by atoms with Crippen molar-refractivity contribution < 1.29 is 27.4 Å². The van der Waals surface area contributed by atoms with Gasteiger partial charge in [0, 0.05) is 18.0 Å². The molecule has 0 bridgehead atoms. The van der Waals surface area contributed by atoms with Crippen molar-refractivity contribution in [2.24, 2.45) is 5.92 Å². The summed E-state index contributed by atoms with van der Waals surface area (Å²) in [5.74, 6) is 0.366. The van der Waals surface area contributed by atoms with Crippen molar-refractivity contribution >= 4 is 38.8 Å². The van der Waals surface area contributed by atoms with Crippen molar-refractivity contribution in [2.75, 3.05) is 43.1 Å². The smallest absolute Gasteiger partial charge is 0.416 e. The first-order valence-corrected chi connectivity index (χ1v) is 12.3. The van der Waals surface area contributed by atoms with E-state index in [-0.39, 0.29) is 12.3 Å². The molecule has 1 aromatic carbocycles. The van der Waals surface area contributed by atoms with E-state index in [1.54, 1.807) is 11.3 Å². The van der Waals surface area contributed by atoms with Crippen molar-refractivity contribution in [3.8, 4) is 5.88 Å². The number of thiophene rings is 1. The third kappa shape index (κ3) is 5.06. The van der Waals surface area contributed by atoms with Crippen molar-refractivity contribution in [2.45, 2.75) is 32.4 Å². The van der Waals surface area contributed by atoms with Gasteiger partial charge in [-0.1, -0.05) is 6.92 Å². The Morgan fingerprint density at radius 1 is 1.29 bits per heavy atom. The van der Waals surface area contributed by atoms with E-state index in [2.05, 4.69) is 22.2 Å². The first-order valence-electron chi connectivity index (χ1n) is 11.5. The van der Waals surface area contributed by atoms with Crippen LogP contribution in [0.2, 0.25) is 0 Å². The fourth-order valence-electron chi connectivity index (χ4n) is 4.57. The standard InChI is InChI=1S/C24H25F3N4O3S/c1-14-2-4-16-19(10-14)35-23-21(16)22(28-13-29-23)34-12-20(32)30-17-11-15(24(25,26)27)3-5-18(17)31-6-8-33-9-7-31/h3,5,11,13-14H,2,4,6-10,12H2,1H3,(H,30,32)/t14-/m0/s1. The number of nitrogens with zero attached hydrogens (tertiary/aromatic N) is 3. The predicted octanol–water partition coefficient (Wildman–Crippen LogP) is 4.69. The van der Waals surface area contributed by atoms with E-state index in [0.29, 0.717) is 43.8 Å². The van der Waals surface area contributed by atoms with Gasteiger partial charge in [0.1, 0.15) is 11.2 Å². The van der Waals surface area contributed by atoms with Crippen LogP contribution in [0.25, 0.3) is 10.2 Å². The average molecular weight is 507 g/mol. The maximum absolute atomic E-state index is 13.3. The number of hydrogen-bond acceptors (Lipinski definition) is 7. The second-order valence-electron chi connectivity index (χ2n) is 8.88. The van der Waals surface area contributed by atoms with Gasteiger partial charge in [0.05, 0.1) is 35.5 Å². The third-order valence-corrected chi connectivity index (χ3v) is 7.51. The molecule has 11 heteroatoms. The number of carbonyl (C=O) groups excluding carboxylic acids is 1. The summed E-state index contributed by atoms with van der Waals surface area (Å²) in [4.78, 5) is 25.4. The molecular weight excluding hydrogens is 481 g/mol. The van der Waals surface area contributed by atoms with Crippen LogP contribution in [0.1, 0.15) is 29.3 Å².